The molecule has 9 heteroatoms. The van der Waals surface area contributed by atoms with Gasteiger partial charge in [-0.25, -0.2) is 8.42 Å². The summed E-state index contributed by atoms with van der Waals surface area (Å²) in [5.74, 6) is -0.0689. The molecule has 0 radical (unpaired) electrons. The lowest BCUT2D eigenvalue weighted by atomic mass is 10.2. The van der Waals surface area contributed by atoms with Gasteiger partial charge < -0.3 is 9.47 Å². The summed E-state index contributed by atoms with van der Waals surface area (Å²) in [7, 11) is -3.82. The predicted molar refractivity (Wildman–Crippen MR) is 111 cm³/mol. The van der Waals surface area contributed by atoms with Crippen molar-refractivity contribution < 1.29 is 13.2 Å². The van der Waals surface area contributed by atoms with E-state index < -0.39 is 10.0 Å². The molecule has 6 nitrogen and oxygen atoms in total. The van der Waals surface area contributed by atoms with Crippen molar-refractivity contribution in [3.05, 3.63) is 51.3 Å². The van der Waals surface area contributed by atoms with Crippen molar-refractivity contribution in [2.45, 2.75) is 32.2 Å². The number of piperazine rings is 1. The maximum Gasteiger partial charge on any atom is 0.255 e. The standard InChI is InChI=1S/C19H23Cl2N3O3S/c1-4-24-13(2)12-15(14(24)3)19(25)22-8-10-23(11-9-22)28(26,27)18-16(20)6-5-7-17(18)21/h5-7,12H,4,8-11H2,1-3H3. The Bertz CT molecular complexity index is 989. The molecule has 2 aromatic rings. The van der Waals surface area contributed by atoms with E-state index in [1.807, 2.05) is 26.8 Å². The zero-order chi connectivity index (χ0) is 20.6. The van der Waals surface area contributed by atoms with E-state index >= 15 is 0 Å². The molecule has 1 aliphatic heterocycles. The molecule has 0 unspecified atom stereocenters. The number of sulfonamides is 1. The van der Waals surface area contributed by atoms with Crippen molar-refractivity contribution >= 4 is 39.1 Å². The number of nitrogens with zero attached hydrogens (tertiary/aromatic N) is 3. The third kappa shape index (κ3) is 3.68. The van der Waals surface area contributed by atoms with E-state index in [-0.39, 0.29) is 33.9 Å². The Hall–Kier alpha value is -1.54. The van der Waals surface area contributed by atoms with Gasteiger partial charge in [0.05, 0.1) is 15.6 Å². The molecule has 1 aromatic carbocycles. The predicted octanol–water partition coefficient (Wildman–Crippen LogP) is 3.58. The first-order valence-electron chi connectivity index (χ1n) is 9.08. The summed E-state index contributed by atoms with van der Waals surface area (Å²) in [6, 6.07) is 6.51. The molecular formula is C19H23Cl2N3O3S. The molecule has 0 spiro atoms. The molecule has 28 heavy (non-hydrogen) atoms. The van der Waals surface area contributed by atoms with Crippen LogP contribution in [0.3, 0.4) is 0 Å². The molecule has 2 heterocycles. The van der Waals surface area contributed by atoms with Crippen LogP contribution in [-0.2, 0) is 16.6 Å². The zero-order valence-corrected chi connectivity index (χ0v) is 18.4. The fourth-order valence-corrected chi connectivity index (χ4v) is 6.18. The third-order valence-corrected chi connectivity index (χ3v) is 8.02. The van der Waals surface area contributed by atoms with E-state index in [9.17, 15) is 13.2 Å². The zero-order valence-electron chi connectivity index (χ0n) is 16.1. The van der Waals surface area contributed by atoms with E-state index in [4.69, 9.17) is 23.2 Å². The molecule has 0 atom stereocenters. The molecule has 0 aliphatic carbocycles. The molecular weight excluding hydrogens is 421 g/mol. The van der Waals surface area contributed by atoms with Crippen LogP contribution in [0, 0.1) is 13.8 Å². The lowest BCUT2D eigenvalue weighted by Gasteiger charge is -2.34. The molecule has 1 saturated heterocycles. The molecule has 0 saturated carbocycles. The summed E-state index contributed by atoms with van der Waals surface area (Å²) in [6.45, 7) is 7.78. The quantitative estimate of drug-likeness (QED) is 0.725. The minimum absolute atomic E-state index is 0.0689. The number of aromatic nitrogens is 1. The average Bonchev–Trinajstić information content (AvgIpc) is 2.94. The van der Waals surface area contributed by atoms with Crippen LogP contribution in [0.4, 0.5) is 0 Å². The van der Waals surface area contributed by atoms with Gasteiger partial charge in [-0.3, -0.25) is 4.79 Å². The highest BCUT2D eigenvalue weighted by Gasteiger charge is 2.33. The molecule has 0 bridgehead atoms. The number of carbonyl (C=O) groups excluding carboxylic acids is 1. The summed E-state index contributed by atoms with van der Waals surface area (Å²) in [5, 5.41) is 0.191. The third-order valence-electron chi connectivity index (χ3n) is 5.16. The lowest BCUT2D eigenvalue weighted by molar-refractivity contribution is 0.0697. The largest absolute Gasteiger partial charge is 0.349 e. The smallest absolute Gasteiger partial charge is 0.255 e. The molecule has 1 fully saturated rings. The Kier molecular flexibility index (Phi) is 6.10. The van der Waals surface area contributed by atoms with Crippen LogP contribution >= 0.6 is 23.2 Å². The SMILES string of the molecule is CCn1c(C)cc(C(=O)N2CCN(S(=O)(=O)c3c(Cl)cccc3Cl)CC2)c1C. The highest BCUT2D eigenvalue weighted by atomic mass is 35.5. The van der Waals surface area contributed by atoms with Gasteiger partial charge in [0, 0.05) is 44.1 Å². The van der Waals surface area contributed by atoms with Crippen LogP contribution in [0.25, 0.3) is 0 Å². The van der Waals surface area contributed by atoms with Crippen LogP contribution in [0.2, 0.25) is 10.0 Å². The molecule has 0 N–H and O–H groups in total. The van der Waals surface area contributed by atoms with Crippen molar-refractivity contribution in [2.24, 2.45) is 0 Å². The Labute approximate surface area is 175 Å². The number of carbonyl (C=O) groups is 1. The first-order valence-corrected chi connectivity index (χ1v) is 11.3. The van der Waals surface area contributed by atoms with E-state index in [0.29, 0.717) is 18.7 Å². The number of rotatable bonds is 4. The highest BCUT2D eigenvalue weighted by molar-refractivity contribution is 7.89. The van der Waals surface area contributed by atoms with E-state index in [1.165, 1.54) is 16.4 Å². The minimum atomic E-state index is -3.82. The molecule has 1 aromatic heterocycles. The number of hydrogen-bond donors (Lipinski definition) is 0. The second kappa shape index (κ2) is 8.06. The van der Waals surface area contributed by atoms with Gasteiger partial charge in [-0.2, -0.15) is 4.31 Å². The fourth-order valence-electron chi connectivity index (χ4n) is 3.66. The second-order valence-corrected chi connectivity index (χ2v) is 9.47. The minimum Gasteiger partial charge on any atom is -0.349 e. The van der Waals surface area contributed by atoms with Gasteiger partial charge in [0.25, 0.3) is 5.91 Å². The van der Waals surface area contributed by atoms with Gasteiger partial charge in [0.1, 0.15) is 4.90 Å². The topological polar surface area (TPSA) is 62.6 Å². The number of aryl methyl sites for hydroxylation is 1. The van der Waals surface area contributed by atoms with Crippen LogP contribution < -0.4 is 0 Å². The van der Waals surface area contributed by atoms with Crippen LogP contribution in [-0.4, -0.2) is 54.3 Å². The normalized spacial score (nSPS) is 15.8. The maximum atomic E-state index is 13.0. The van der Waals surface area contributed by atoms with Crippen molar-refractivity contribution in [3.63, 3.8) is 0 Å². The lowest BCUT2D eigenvalue weighted by Crippen LogP contribution is -2.50. The van der Waals surface area contributed by atoms with Crippen molar-refractivity contribution in [2.75, 3.05) is 26.2 Å². The van der Waals surface area contributed by atoms with Gasteiger partial charge in [0.2, 0.25) is 10.0 Å². The number of hydrogen-bond acceptors (Lipinski definition) is 3. The monoisotopic (exact) mass is 443 g/mol. The molecule has 152 valence electrons. The molecule has 3 rings (SSSR count). The summed E-state index contributed by atoms with van der Waals surface area (Å²) < 4.78 is 29.4. The van der Waals surface area contributed by atoms with Crippen LogP contribution in [0.5, 0.6) is 0 Å². The Morgan fingerprint density at radius 1 is 1.07 bits per heavy atom. The van der Waals surface area contributed by atoms with Gasteiger partial charge in [-0.15, -0.1) is 0 Å². The second-order valence-electron chi connectivity index (χ2n) is 6.78. The number of halogens is 2. The number of benzene rings is 1. The van der Waals surface area contributed by atoms with E-state index in [0.717, 1.165) is 17.9 Å². The van der Waals surface area contributed by atoms with Gasteiger partial charge in [0.15, 0.2) is 0 Å². The Balaban J connectivity index is 1.77. The van der Waals surface area contributed by atoms with E-state index in [2.05, 4.69) is 4.57 Å². The van der Waals surface area contributed by atoms with Gasteiger partial charge in [-0.1, -0.05) is 29.3 Å². The van der Waals surface area contributed by atoms with Crippen LogP contribution in [0.15, 0.2) is 29.2 Å². The molecule has 1 amide bonds. The summed E-state index contributed by atoms with van der Waals surface area (Å²) in [6.07, 6.45) is 0. The van der Waals surface area contributed by atoms with Gasteiger partial charge in [-0.05, 0) is 39.0 Å². The average molecular weight is 444 g/mol. The number of amides is 1. The first-order chi connectivity index (χ1) is 13.2. The van der Waals surface area contributed by atoms with E-state index in [1.54, 1.807) is 11.0 Å². The van der Waals surface area contributed by atoms with Gasteiger partial charge >= 0.3 is 0 Å². The maximum absolute atomic E-state index is 13.0. The summed E-state index contributed by atoms with van der Waals surface area (Å²) in [5.41, 5.74) is 2.64. The van der Waals surface area contributed by atoms with Crippen LogP contribution in [0.1, 0.15) is 28.7 Å². The van der Waals surface area contributed by atoms with Crippen molar-refractivity contribution in [3.8, 4) is 0 Å². The molecule has 1 aliphatic rings. The fraction of sp³-hybridized carbons (Fsp3) is 0.421. The van der Waals surface area contributed by atoms with Crippen molar-refractivity contribution in [1.29, 1.82) is 0 Å². The Morgan fingerprint density at radius 3 is 2.14 bits per heavy atom. The highest BCUT2D eigenvalue weighted by Crippen LogP contribution is 2.32. The Morgan fingerprint density at radius 2 is 1.64 bits per heavy atom. The first kappa shape index (κ1) is 21.2. The van der Waals surface area contributed by atoms with Crippen molar-refractivity contribution in [1.82, 2.24) is 13.8 Å². The summed E-state index contributed by atoms with van der Waals surface area (Å²) >= 11 is 12.2. The summed E-state index contributed by atoms with van der Waals surface area (Å²) in [4.78, 5) is 14.6.